The molecule has 1 amide bonds. The minimum absolute atomic E-state index is 0.0349. The molecule has 6 nitrogen and oxygen atoms in total. The fourth-order valence-corrected chi connectivity index (χ4v) is 7.21. The number of esters is 1. The van der Waals surface area contributed by atoms with E-state index in [9.17, 15) is 19.8 Å². The largest absolute Gasteiger partial charge is 0.466 e. The van der Waals surface area contributed by atoms with Crippen LogP contribution < -0.4 is 5.32 Å². The Morgan fingerprint density at radius 3 is 1.29 bits per heavy atom. The number of nitrogens with one attached hydrogen (secondary N) is 1. The average molecular weight is 776 g/mol. The molecule has 3 N–H and O–H groups in total. The first-order valence-electron chi connectivity index (χ1n) is 24.1. The number of aliphatic hydroxyl groups is 2. The number of carbonyl (C=O) groups is 2. The van der Waals surface area contributed by atoms with Crippen LogP contribution in [0.25, 0.3) is 0 Å². The predicted octanol–water partition coefficient (Wildman–Crippen LogP) is 14.0. The Kier molecular flexibility index (Phi) is 43.7. The summed E-state index contributed by atoms with van der Waals surface area (Å²) in [5, 5.41) is 22.8. The summed E-state index contributed by atoms with van der Waals surface area (Å²) in [5.41, 5.74) is 0. The van der Waals surface area contributed by atoms with E-state index in [1.54, 1.807) is 6.08 Å². The van der Waals surface area contributed by atoms with Crippen molar-refractivity contribution in [1.29, 1.82) is 0 Å². The number of amides is 1. The van der Waals surface area contributed by atoms with E-state index in [2.05, 4.69) is 31.3 Å². The lowest BCUT2D eigenvalue weighted by molar-refractivity contribution is -0.143. The lowest BCUT2D eigenvalue weighted by Gasteiger charge is -2.20. The third kappa shape index (κ3) is 41.8. The summed E-state index contributed by atoms with van der Waals surface area (Å²) >= 11 is 0. The van der Waals surface area contributed by atoms with Crippen molar-refractivity contribution < 1.29 is 24.5 Å². The van der Waals surface area contributed by atoms with Gasteiger partial charge < -0.3 is 20.3 Å². The predicted molar refractivity (Wildman–Crippen MR) is 236 cm³/mol. The van der Waals surface area contributed by atoms with Gasteiger partial charge in [0.05, 0.1) is 25.4 Å². The molecule has 55 heavy (non-hydrogen) atoms. The zero-order valence-corrected chi connectivity index (χ0v) is 36.7. The number of rotatable bonds is 44. The van der Waals surface area contributed by atoms with Gasteiger partial charge in [-0.2, -0.15) is 0 Å². The molecule has 0 aliphatic heterocycles. The van der Waals surface area contributed by atoms with Gasteiger partial charge in [0.1, 0.15) is 0 Å². The summed E-state index contributed by atoms with van der Waals surface area (Å²) in [6.07, 6.45) is 51.9. The monoisotopic (exact) mass is 776 g/mol. The number of hydrogen-bond acceptors (Lipinski definition) is 5. The Morgan fingerprint density at radius 2 is 0.855 bits per heavy atom. The van der Waals surface area contributed by atoms with Crippen molar-refractivity contribution in [2.75, 3.05) is 13.2 Å². The van der Waals surface area contributed by atoms with Gasteiger partial charge in [0.25, 0.3) is 0 Å². The highest BCUT2D eigenvalue weighted by atomic mass is 16.5. The molecule has 0 aromatic heterocycles. The van der Waals surface area contributed by atoms with Crippen LogP contribution in [-0.4, -0.2) is 47.4 Å². The van der Waals surface area contributed by atoms with Crippen molar-refractivity contribution in [1.82, 2.24) is 5.32 Å². The van der Waals surface area contributed by atoms with E-state index in [0.717, 1.165) is 77.0 Å². The summed E-state index contributed by atoms with van der Waals surface area (Å²) in [7, 11) is 0. The van der Waals surface area contributed by atoms with E-state index in [-0.39, 0.29) is 18.5 Å². The van der Waals surface area contributed by atoms with Crippen LogP contribution in [0.3, 0.4) is 0 Å². The van der Waals surface area contributed by atoms with E-state index in [1.807, 2.05) is 6.08 Å². The third-order valence-corrected chi connectivity index (χ3v) is 11.0. The van der Waals surface area contributed by atoms with Gasteiger partial charge in [0, 0.05) is 12.8 Å². The SMILES string of the molecule is CCCCCCCCC/C=C/C(O)C(CO)NC(=O)CCCCCC/C=C\CCCCOC(=O)CCCCCCCCCCCCCCCCCCCCC. The fraction of sp³-hybridized carbons (Fsp3) is 0.878. The number of carbonyl (C=O) groups excluding carboxylic acids is 2. The van der Waals surface area contributed by atoms with Crippen LogP contribution in [0.5, 0.6) is 0 Å². The molecule has 2 atom stereocenters. The molecule has 6 heteroatoms. The van der Waals surface area contributed by atoms with Gasteiger partial charge >= 0.3 is 5.97 Å². The van der Waals surface area contributed by atoms with Gasteiger partial charge in [-0.25, -0.2) is 0 Å². The Bertz CT molecular complexity index is 858. The van der Waals surface area contributed by atoms with Crippen LogP contribution in [0.4, 0.5) is 0 Å². The van der Waals surface area contributed by atoms with Crippen LogP contribution >= 0.6 is 0 Å². The number of hydrogen-bond donors (Lipinski definition) is 3. The topological polar surface area (TPSA) is 95.9 Å². The molecule has 0 fully saturated rings. The Labute approximate surface area is 341 Å². The lowest BCUT2D eigenvalue weighted by Crippen LogP contribution is -2.45. The maximum atomic E-state index is 12.3. The first kappa shape index (κ1) is 53.3. The second-order valence-corrected chi connectivity index (χ2v) is 16.4. The van der Waals surface area contributed by atoms with E-state index in [0.29, 0.717) is 19.4 Å². The standard InChI is InChI=1S/C49H93NO5/c1-3-5-7-9-11-13-14-15-16-17-18-19-20-21-22-27-31-35-39-43-49(54)55-44-40-36-32-28-24-23-26-30-34-38-42-48(53)50-46(45-51)47(52)41-37-33-29-25-12-10-8-6-4-2/h24,28,37,41,46-47,51-52H,3-23,25-27,29-36,38-40,42-45H2,1-2H3,(H,50,53)/b28-24-,41-37+. The van der Waals surface area contributed by atoms with Crippen LogP contribution in [0.2, 0.25) is 0 Å². The summed E-state index contributed by atoms with van der Waals surface area (Å²) in [6, 6.07) is -0.650. The van der Waals surface area contributed by atoms with Crippen LogP contribution in [0, 0.1) is 0 Å². The van der Waals surface area contributed by atoms with Crippen LogP contribution in [0.15, 0.2) is 24.3 Å². The summed E-state index contributed by atoms with van der Waals surface area (Å²) in [4.78, 5) is 24.4. The van der Waals surface area contributed by atoms with Crippen molar-refractivity contribution >= 4 is 11.9 Å². The number of allylic oxidation sites excluding steroid dienone is 3. The summed E-state index contributed by atoms with van der Waals surface area (Å²) in [6.45, 7) is 4.78. The average Bonchev–Trinajstić information content (AvgIpc) is 3.18. The minimum atomic E-state index is -0.863. The molecule has 0 bridgehead atoms. The highest BCUT2D eigenvalue weighted by Crippen LogP contribution is 2.16. The lowest BCUT2D eigenvalue weighted by atomic mass is 10.0. The van der Waals surface area contributed by atoms with Crippen molar-refractivity contribution in [3.05, 3.63) is 24.3 Å². The minimum Gasteiger partial charge on any atom is -0.466 e. The molecule has 0 aliphatic carbocycles. The van der Waals surface area contributed by atoms with Gasteiger partial charge in [0.2, 0.25) is 5.91 Å². The van der Waals surface area contributed by atoms with Gasteiger partial charge in [-0.3, -0.25) is 9.59 Å². The summed E-state index contributed by atoms with van der Waals surface area (Å²) < 4.78 is 5.44. The number of ether oxygens (including phenoxy) is 1. The van der Waals surface area contributed by atoms with E-state index in [4.69, 9.17) is 4.74 Å². The molecule has 0 rings (SSSR count). The fourth-order valence-electron chi connectivity index (χ4n) is 7.21. The Morgan fingerprint density at radius 1 is 0.491 bits per heavy atom. The molecule has 0 spiro atoms. The molecule has 324 valence electrons. The molecular formula is C49H93NO5. The highest BCUT2D eigenvalue weighted by molar-refractivity contribution is 5.76. The van der Waals surface area contributed by atoms with E-state index < -0.39 is 12.1 Å². The zero-order chi connectivity index (χ0) is 40.1. The molecule has 0 saturated carbocycles. The number of unbranched alkanes of at least 4 members (excludes halogenated alkanes) is 31. The molecular weight excluding hydrogens is 683 g/mol. The quantitative estimate of drug-likeness (QED) is 0.0325. The van der Waals surface area contributed by atoms with Gasteiger partial charge in [-0.1, -0.05) is 205 Å². The first-order valence-corrected chi connectivity index (χ1v) is 24.1. The summed E-state index contributed by atoms with van der Waals surface area (Å²) in [5.74, 6) is -0.141. The Balaban J connectivity index is 3.49. The second kappa shape index (κ2) is 45.0. The highest BCUT2D eigenvalue weighted by Gasteiger charge is 2.18. The van der Waals surface area contributed by atoms with Gasteiger partial charge in [0.15, 0.2) is 0 Å². The maximum Gasteiger partial charge on any atom is 0.305 e. The molecule has 0 radical (unpaired) electrons. The normalized spacial score (nSPS) is 12.9. The van der Waals surface area contributed by atoms with Gasteiger partial charge in [-0.15, -0.1) is 0 Å². The molecule has 0 aliphatic rings. The van der Waals surface area contributed by atoms with Crippen LogP contribution in [-0.2, 0) is 14.3 Å². The van der Waals surface area contributed by atoms with Crippen molar-refractivity contribution in [2.45, 2.75) is 264 Å². The Hall–Kier alpha value is -1.66. The third-order valence-electron chi connectivity index (χ3n) is 11.0. The van der Waals surface area contributed by atoms with Crippen molar-refractivity contribution in [3.63, 3.8) is 0 Å². The first-order chi connectivity index (χ1) is 27.0. The smallest absolute Gasteiger partial charge is 0.305 e. The molecule has 0 aromatic carbocycles. The van der Waals surface area contributed by atoms with Gasteiger partial charge in [-0.05, 0) is 57.8 Å². The molecule has 0 aromatic rings. The number of aliphatic hydroxyl groups excluding tert-OH is 2. The van der Waals surface area contributed by atoms with Crippen LogP contribution in [0.1, 0.15) is 251 Å². The maximum absolute atomic E-state index is 12.3. The zero-order valence-electron chi connectivity index (χ0n) is 36.7. The van der Waals surface area contributed by atoms with Crippen molar-refractivity contribution in [3.8, 4) is 0 Å². The second-order valence-electron chi connectivity index (χ2n) is 16.4. The molecule has 0 heterocycles. The molecule has 0 saturated heterocycles. The molecule has 2 unspecified atom stereocenters. The van der Waals surface area contributed by atoms with E-state index >= 15 is 0 Å². The van der Waals surface area contributed by atoms with Crippen molar-refractivity contribution in [2.24, 2.45) is 0 Å². The van der Waals surface area contributed by atoms with E-state index in [1.165, 1.54) is 148 Å².